The molecule has 5 nitrogen and oxygen atoms in total. The van der Waals surface area contributed by atoms with Crippen molar-refractivity contribution in [3.8, 4) is 17.2 Å². The first kappa shape index (κ1) is 23.5. The third kappa shape index (κ3) is 6.05. The van der Waals surface area contributed by atoms with Gasteiger partial charge in [0.15, 0.2) is 0 Å². The number of nitrogens with one attached hydrogen (secondary N) is 2. The molecule has 4 aromatic rings. The van der Waals surface area contributed by atoms with Gasteiger partial charge in [-0.1, -0.05) is 54.6 Å². The van der Waals surface area contributed by atoms with Crippen LogP contribution in [0.3, 0.4) is 0 Å². The second-order valence-corrected chi connectivity index (χ2v) is 9.05. The molecule has 0 saturated heterocycles. The minimum Gasteiger partial charge on any atom is -0.497 e. The number of carbonyl (C=O) groups is 1. The molecule has 0 aromatic heterocycles. The second-order valence-electron chi connectivity index (χ2n) is 9.05. The number of para-hydroxylation sites is 1. The van der Waals surface area contributed by atoms with Gasteiger partial charge in [0.1, 0.15) is 17.2 Å². The highest BCUT2D eigenvalue weighted by Crippen LogP contribution is 2.47. The van der Waals surface area contributed by atoms with Gasteiger partial charge in [-0.2, -0.15) is 0 Å². The Labute approximate surface area is 212 Å². The molecular formula is C31H30N2O3. The third-order valence-corrected chi connectivity index (χ3v) is 6.47. The first-order valence-corrected chi connectivity index (χ1v) is 12.2. The lowest BCUT2D eigenvalue weighted by Crippen LogP contribution is -2.24. The van der Waals surface area contributed by atoms with Crippen LogP contribution in [-0.2, 0) is 17.9 Å². The van der Waals surface area contributed by atoms with Crippen LogP contribution >= 0.6 is 0 Å². The summed E-state index contributed by atoms with van der Waals surface area (Å²) in [6, 6.07) is 34.1. The Bertz CT molecular complexity index is 1290. The molecule has 5 heteroatoms. The molecule has 4 aromatic carbocycles. The van der Waals surface area contributed by atoms with Gasteiger partial charge in [-0.15, -0.1) is 0 Å². The maximum Gasteiger partial charge on any atom is 0.224 e. The molecule has 0 radical (unpaired) electrons. The standard InChI is InChI=1S/C31H30N2O3/c1-35-26-16-10-22(11-17-26)20-33-31(34)30-19-29(30)24-12-14-25(15-13-24)32-21-23-6-5-9-28(18-23)36-27-7-3-2-4-8-27/h2-18,29-30,32H,19-21H2,1H3,(H,33,34)/t29-,30+/m1/s1. The molecule has 1 saturated carbocycles. The molecule has 36 heavy (non-hydrogen) atoms. The number of methoxy groups -OCH3 is 1. The Kier molecular flexibility index (Phi) is 7.17. The lowest BCUT2D eigenvalue weighted by Gasteiger charge is -2.10. The van der Waals surface area contributed by atoms with E-state index in [4.69, 9.17) is 9.47 Å². The molecule has 2 N–H and O–H groups in total. The molecule has 0 bridgehead atoms. The topological polar surface area (TPSA) is 59.6 Å². The number of carbonyl (C=O) groups excluding carboxylic acids is 1. The van der Waals surface area contributed by atoms with Crippen LogP contribution in [0.1, 0.15) is 29.0 Å². The zero-order valence-corrected chi connectivity index (χ0v) is 20.3. The number of amides is 1. The maximum absolute atomic E-state index is 12.6. The largest absolute Gasteiger partial charge is 0.497 e. The van der Waals surface area contributed by atoms with Gasteiger partial charge in [-0.3, -0.25) is 4.79 Å². The minimum atomic E-state index is 0.0504. The number of hydrogen-bond acceptors (Lipinski definition) is 4. The van der Waals surface area contributed by atoms with Crippen molar-refractivity contribution < 1.29 is 14.3 Å². The quantitative estimate of drug-likeness (QED) is 0.272. The predicted octanol–water partition coefficient (Wildman–Crippen LogP) is 6.52. The molecule has 0 aliphatic heterocycles. The van der Waals surface area contributed by atoms with Crippen LogP contribution in [0, 0.1) is 5.92 Å². The summed E-state index contributed by atoms with van der Waals surface area (Å²) >= 11 is 0. The van der Waals surface area contributed by atoms with Crippen molar-refractivity contribution in [2.45, 2.75) is 25.4 Å². The van der Waals surface area contributed by atoms with Crippen LogP contribution in [0.4, 0.5) is 5.69 Å². The summed E-state index contributed by atoms with van der Waals surface area (Å²) in [5.41, 5.74) is 4.47. The van der Waals surface area contributed by atoms with Crippen LogP contribution in [-0.4, -0.2) is 13.0 Å². The van der Waals surface area contributed by atoms with E-state index in [2.05, 4.69) is 41.0 Å². The third-order valence-electron chi connectivity index (χ3n) is 6.47. The molecule has 1 fully saturated rings. The average molecular weight is 479 g/mol. The highest BCUT2D eigenvalue weighted by Gasteiger charge is 2.43. The van der Waals surface area contributed by atoms with Crippen LogP contribution in [0.15, 0.2) is 103 Å². The van der Waals surface area contributed by atoms with Crippen molar-refractivity contribution in [3.63, 3.8) is 0 Å². The minimum absolute atomic E-state index is 0.0504. The summed E-state index contributed by atoms with van der Waals surface area (Å²) in [6.07, 6.45) is 0.898. The van der Waals surface area contributed by atoms with Crippen molar-refractivity contribution in [2.24, 2.45) is 5.92 Å². The first-order chi connectivity index (χ1) is 17.7. The maximum atomic E-state index is 12.6. The van der Waals surface area contributed by atoms with Gasteiger partial charge in [-0.25, -0.2) is 0 Å². The van der Waals surface area contributed by atoms with Crippen molar-refractivity contribution in [3.05, 3.63) is 120 Å². The van der Waals surface area contributed by atoms with Crippen LogP contribution in [0.5, 0.6) is 17.2 Å². The fourth-order valence-corrected chi connectivity index (χ4v) is 4.31. The smallest absolute Gasteiger partial charge is 0.224 e. The highest BCUT2D eigenvalue weighted by atomic mass is 16.5. The summed E-state index contributed by atoms with van der Waals surface area (Å²) in [5, 5.41) is 6.54. The Morgan fingerprint density at radius 2 is 1.53 bits per heavy atom. The number of ether oxygens (including phenoxy) is 2. The fraction of sp³-hybridized carbons (Fsp3) is 0.194. The van der Waals surface area contributed by atoms with Crippen molar-refractivity contribution in [1.82, 2.24) is 5.32 Å². The number of hydrogen-bond donors (Lipinski definition) is 2. The van der Waals surface area contributed by atoms with Gasteiger partial charge in [0, 0.05) is 24.7 Å². The lowest BCUT2D eigenvalue weighted by atomic mass is 10.1. The Morgan fingerprint density at radius 1 is 0.778 bits per heavy atom. The monoisotopic (exact) mass is 478 g/mol. The van der Waals surface area contributed by atoms with E-state index >= 15 is 0 Å². The zero-order valence-electron chi connectivity index (χ0n) is 20.3. The zero-order chi connectivity index (χ0) is 24.7. The van der Waals surface area contributed by atoms with E-state index in [-0.39, 0.29) is 11.8 Å². The fourth-order valence-electron chi connectivity index (χ4n) is 4.31. The van der Waals surface area contributed by atoms with Gasteiger partial charge >= 0.3 is 0 Å². The average Bonchev–Trinajstić information content (AvgIpc) is 3.73. The van der Waals surface area contributed by atoms with E-state index in [0.717, 1.165) is 40.5 Å². The molecule has 5 rings (SSSR count). The molecule has 1 aliphatic rings. The SMILES string of the molecule is COc1ccc(CNC(=O)[C@H]2C[C@@H]2c2ccc(NCc3cccc(Oc4ccccc4)c3)cc2)cc1. The summed E-state index contributed by atoms with van der Waals surface area (Å²) in [6.45, 7) is 1.23. The Balaban J connectivity index is 1.09. The van der Waals surface area contributed by atoms with Crippen molar-refractivity contribution in [2.75, 3.05) is 12.4 Å². The van der Waals surface area contributed by atoms with E-state index in [9.17, 15) is 4.79 Å². The summed E-state index contributed by atoms with van der Waals surface area (Å²) in [7, 11) is 1.65. The molecule has 1 aliphatic carbocycles. The first-order valence-electron chi connectivity index (χ1n) is 12.2. The van der Waals surface area contributed by atoms with Gasteiger partial charge in [-0.05, 0) is 77.6 Å². The van der Waals surface area contributed by atoms with E-state index in [1.54, 1.807) is 7.11 Å². The van der Waals surface area contributed by atoms with Crippen LogP contribution < -0.4 is 20.1 Å². The van der Waals surface area contributed by atoms with Gasteiger partial charge < -0.3 is 20.1 Å². The second kappa shape index (κ2) is 11.0. The molecule has 0 heterocycles. The van der Waals surface area contributed by atoms with Crippen LogP contribution in [0.2, 0.25) is 0 Å². The Hall–Kier alpha value is -4.25. The van der Waals surface area contributed by atoms with Crippen LogP contribution in [0.25, 0.3) is 0 Å². The van der Waals surface area contributed by atoms with Gasteiger partial charge in [0.25, 0.3) is 0 Å². The normalized spacial score (nSPS) is 16.1. The Morgan fingerprint density at radius 3 is 2.28 bits per heavy atom. The van der Waals surface area contributed by atoms with Gasteiger partial charge in [0.05, 0.1) is 7.11 Å². The number of benzene rings is 4. The molecule has 0 unspecified atom stereocenters. The lowest BCUT2D eigenvalue weighted by molar-refractivity contribution is -0.122. The van der Waals surface area contributed by atoms with Crippen molar-refractivity contribution in [1.29, 1.82) is 0 Å². The van der Waals surface area contributed by atoms with Gasteiger partial charge in [0.2, 0.25) is 5.91 Å². The molecular weight excluding hydrogens is 448 g/mol. The number of rotatable bonds is 10. The number of anilines is 1. The molecule has 0 spiro atoms. The summed E-state index contributed by atoms with van der Waals surface area (Å²) in [4.78, 5) is 12.6. The highest BCUT2D eigenvalue weighted by molar-refractivity contribution is 5.82. The molecule has 1 amide bonds. The van der Waals surface area contributed by atoms with E-state index in [0.29, 0.717) is 19.0 Å². The van der Waals surface area contributed by atoms with E-state index in [1.807, 2.05) is 72.8 Å². The van der Waals surface area contributed by atoms with Crippen molar-refractivity contribution >= 4 is 11.6 Å². The molecule has 2 atom stereocenters. The summed E-state index contributed by atoms with van der Waals surface area (Å²) in [5.74, 6) is 2.93. The summed E-state index contributed by atoms with van der Waals surface area (Å²) < 4.78 is 11.1. The predicted molar refractivity (Wildman–Crippen MR) is 142 cm³/mol. The van der Waals surface area contributed by atoms with E-state index in [1.165, 1.54) is 5.56 Å². The molecule has 182 valence electrons. The van der Waals surface area contributed by atoms with E-state index < -0.39 is 0 Å².